The van der Waals surface area contributed by atoms with Crippen molar-refractivity contribution in [1.82, 2.24) is 5.32 Å². The van der Waals surface area contributed by atoms with Gasteiger partial charge in [-0.1, -0.05) is 25.4 Å². The molecule has 106 valence electrons. The first-order chi connectivity index (χ1) is 9.02. The Hall–Kier alpha value is -1.26. The average molecular weight is 285 g/mol. The quantitative estimate of drug-likeness (QED) is 0.809. The van der Waals surface area contributed by atoms with Crippen molar-refractivity contribution in [2.24, 2.45) is 0 Å². The van der Waals surface area contributed by atoms with E-state index in [1.807, 2.05) is 20.8 Å². The van der Waals surface area contributed by atoms with Crippen LogP contribution in [0.4, 0.5) is 5.69 Å². The van der Waals surface area contributed by atoms with Crippen LogP contribution in [0.25, 0.3) is 0 Å². The molecule has 0 fully saturated rings. The third kappa shape index (κ3) is 5.94. The number of rotatable bonds is 7. The third-order valence-electron chi connectivity index (χ3n) is 2.42. The van der Waals surface area contributed by atoms with Gasteiger partial charge in [0.2, 0.25) is 5.91 Å². The first-order valence-corrected chi connectivity index (χ1v) is 6.86. The molecule has 19 heavy (non-hydrogen) atoms. The van der Waals surface area contributed by atoms with Gasteiger partial charge in [-0.2, -0.15) is 0 Å². The van der Waals surface area contributed by atoms with Gasteiger partial charge in [-0.05, 0) is 25.1 Å². The maximum absolute atomic E-state index is 11.7. The van der Waals surface area contributed by atoms with E-state index in [0.717, 1.165) is 0 Å². The van der Waals surface area contributed by atoms with Gasteiger partial charge in [0.15, 0.2) is 0 Å². The van der Waals surface area contributed by atoms with Crippen LogP contribution in [-0.2, 0) is 4.79 Å². The molecular formula is C14H21ClN2O2. The van der Waals surface area contributed by atoms with E-state index in [2.05, 4.69) is 10.6 Å². The van der Waals surface area contributed by atoms with Crippen molar-refractivity contribution in [3.8, 4) is 5.75 Å². The molecule has 1 rings (SSSR count). The minimum Gasteiger partial charge on any atom is -0.492 e. The van der Waals surface area contributed by atoms with Gasteiger partial charge in [0.1, 0.15) is 5.75 Å². The zero-order chi connectivity index (χ0) is 14.3. The Morgan fingerprint density at radius 3 is 2.74 bits per heavy atom. The number of ether oxygens (including phenoxy) is 1. The summed E-state index contributed by atoms with van der Waals surface area (Å²) in [5.74, 6) is 0.594. The van der Waals surface area contributed by atoms with Crippen LogP contribution in [-0.4, -0.2) is 25.1 Å². The van der Waals surface area contributed by atoms with E-state index in [0.29, 0.717) is 42.1 Å². The largest absolute Gasteiger partial charge is 0.492 e. The Labute approximate surface area is 119 Å². The molecule has 0 atom stereocenters. The first-order valence-electron chi connectivity index (χ1n) is 6.48. The Balaban J connectivity index is 2.48. The van der Waals surface area contributed by atoms with Crippen LogP contribution in [0.5, 0.6) is 5.75 Å². The summed E-state index contributed by atoms with van der Waals surface area (Å²) in [5.41, 5.74) is 0.683. The second-order valence-electron chi connectivity index (χ2n) is 4.49. The Morgan fingerprint density at radius 2 is 2.16 bits per heavy atom. The fourth-order valence-corrected chi connectivity index (χ4v) is 1.78. The second-order valence-corrected chi connectivity index (χ2v) is 4.89. The highest BCUT2D eigenvalue weighted by molar-refractivity contribution is 6.32. The molecule has 0 heterocycles. The van der Waals surface area contributed by atoms with E-state index < -0.39 is 0 Å². The molecule has 0 radical (unpaired) electrons. The van der Waals surface area contributed by atoms with Gasteiger partial charge in [0.05, 0.1) is 11.6 Å². The molecule has 2 N–H and O–H groups in total. The van der Waals surface area contributed by atoms with Crippen molar-refractivity contribution < 1.29 is 9.53 Å². The summed E-state index contributed by atoms with van der Waals surface area (Å²) < 4.78 is 5.33. The van der Waals surface area contributed by atoms with Crippen molar-refractivity contribution in [3.63, 3.8) is 0 Å². The molecule has 4 nitrogen and oxygen atoms in total. The number of nitrogens with one attached hydrogen (secondary N) is 2. The number of halogens is 1. The number of hydrogen-bond acceptors (Lipinski definition) is 3. The predicted octanol–water partition coefficient (Wildman–Crippen LogP) is 3.07. The lowest BCUT2D eigenvalue weighted by atomic mass is 10.2. The topological polar surface area (TPSA) is 50.4 Å². The molecule has 0 aliphatic heterocycles. The maximum atomic E-state index is 11.7. The molecule has 0 bridgehead atoms. The number of benzene rings is 1. The van der Waals surface area contributed by atoms with Crippen LogP contribution in [0.3, 0.4) is 0 Å². The van der Waals surface area contributed by atoms with E-state index in [4.69, 9.17) is 16.3 Å². The summed E-state index contributed by atoms with van der Waals surface area (Å²) >= 11 is 6.05. The molecule has 0 aliphatic rings. The normalized spacial score (nSPS) is 10.6. The minimum atomic E-state index is -0.0339. The zero-order valence-electron chi connectivity index (χ0n) is 11.6. The average Bonchev–Trinajstić information content (AvgIpc) is 2.32. The van der Waals surface area contributed by atoms with Crippen LogP contribution in [0, 0.1) is 0 Å². The fraction of sp³-hybridized carbons (Fsp3) is 0.500. The standard InChI is InChI=1S/C14H21ClN2O2/c1-4-19-13-6-5-11(9-12(13)15)17-14(18)7-8-16-10(2)3/h5-6,9-10,16H,4,7-8H2,1-3H3,(H,17,18). The summed E-state index contributed by atoms with van der Waals surface area (Å²) in [6.07, 6.45) is 0.434. The van der Waals surface area contributed by atoms with Gasteiger partial charge in [-0.3, -0.25) is 4.79 Å². The monoisotopic (exact) mass is 284 g/mol. The molecule has 0 saturated carbocycles. The lowest BCUT2D eigenvalue weighted by Crippen LogP contribution is -2.27. The van der Waals surface area contributed by atoms with E-state index in [1.165, 1.54) is 0 Å². The van der Waals surface area contributed by atoms with Gasteiger partial charge in [-0.25, -0.2) is 0 Å². The van der Waals surface area contributed by atoms with Gasteiger partial charge in [0.25, 0.3) is 0 Å². The van der Waals surface area contributed by atoms with Crippen molar-refractivity contribution in [3.05, 3.63) is 23.2 Å². The lowest BCUT2D eigenvalue weighted by Gasteiger charge is -2.10. The van der Waals surface area contributed by atoms with E-state index in [9.17, 15) is 4.79 Å². The smallest absolute Gasteiger partial charge is 0.225 e. The number of carbonyl (C=O) groups excluding carboxylic acids is 1. The molecule has 5 heteroatoms. The van der Waals surface area contributed by atoms with Gasteiger partial charge in [0, 0.05) is 24.7 Å². The third-order valence-corrected chi connectivity index (χ3v) is 2.72. The molecule has 0 spiro atoms. The highest BCUT2D eigenvalue weighted by atomic mass is 35.5. The van der Waals surface area contributed by atoms with Crippen molar-refractivity contribution in [2.45, 2.75) is 33.2 Å². The molecule has 0 unspecified atom stereocenters. The van der Waals surface area contributed by atoms with Gasteiger partial charge < -0.3 is 15.4 Å². The van der Waals surface area contributed by atoms with Crippen molar-refractivity contribution in [1.29, 1.82) is 0 Å². The van der Waals surface area contributed by atoms with Gasteiger partial charge >= 0.3 is 0 Å². The molecule has 1 aromatic carbocycles. The number of carbonyl (C=O) groups is 1. The molecule has 1 amide bonds. The van der Waals surface area contributed by atoms with Crippen LogP contribution in [0.2, 0.25) is 5.02 Å². The maximum Gasteiger partial charge on any atom is 0.225 e. The van der Waals surface area contributed by atoms with E-state index in [-0.39, 0.29) is 5.91 Å². The predicted molar refractivity (Wildman–Crippen MR) is 79.0 cm³/mol. The minimum absolute atomic E-state index is 0.0339. The summed E-state index contributed by atoms with van der Waals surface area (Å²) in [6.45, 7) is 7.21. The lowest BCUT2D eigenvalue weighted by molar-refractivity contribution is -0.116. The van der Waals surface area contributed by atoms with E-state index in [1.54, 1.807) is 18.2 Å². The van der Waals surface area contributed by atoms with Crippen LogP contribution in [0.15, 0.2) is 18.2 Å². The molecule has 0 aliphatic carbocycles. The number of amides is 1. The molecular weight excluding hydrogens is 264 g/mol. The Morgan fingerprint density at radius 1 is 1.42 bits per heavy atom. The summed E-state index contributed by atoms with van der Waals surface area (Å²) in [6, 6.07) is 5.62. The highest BCUT2D eigenvalue weighted by Gasteiger charge is 2.06. The molecule has 0 saturated heterocycles. The number of anilines is 1. The van der Waals surface area contributed by atoms with Crippen LogP contribution >= 0.6 is 11.6 Å². The first kappa shape index (κ1) is 15.8. The summed E-state index contributed by atoms with van der Waals surface area (Å²) in [7, 11) is 0. The zero-order valence-corrected chi connectivity index (χ0v) is 12.4. The SMILES string of the molecule is CCOc1ccc(NC(=O)CCNC(C)C)cc1Cl. The number of hydrogen-bond donors (Lipinski definition) is 2. The Kier molecular flexibility index (Phi) is 6.67. The van der Waals surface area contributed by atoms with Crippen LogP contribution in [0.1, 0.15) is 27.2 Å². The summed E-state index contributed by atoms with van der Waals surface area (Å²) in [5, 5.41) is 6.50. The highest BCUT2D eigenvalue weighted by Crippen LogP contribution is 2.27. The van der Waals surface area contributed by atoms with E-state index >= 15 is 0 Å². The van der Waals surface area contributed by atoms with Gasteiger partial charge in [-0.15, -0.1) is 0 Å². The molecule has 1 aromatic rings. The molecule has 0 aromatic heterocycles. The van der Waals surface area contributed by atoms with Crippen LogP contribution < -0.4 is 15.4 Å². The van der Waals surface area contributed by atoms with Crippen molar-refractivity contribution >= 4 is 23.2 Å². The summed E-state index contributed by atoms with van der Waals surface area (Å²) in [4.78, 5) is 11.7. The van der Waals surface area contributed by atoms with Crippen molar-refractivity contribution in [2.75, 3.05) is 18.5 Å². The Bertz CT molecular complexity index is 422. The fourth-order valence-electron chi connectivity index (χ4n) is 1.55. The second kappa shape index (κ2) is 8.02.